The van der Waals surface area contributed by atoms with Gasteiger partial charge in [0.1, 0.15) is 0 Å². The highest BCUT2D eigenvalue weighted by Gasteiger charge is 2.20. The van der Waals surface area contributed by atoms with Crippen molar-refractivity contribution in [1.82, 2.24) is 0 Å². The topological polar surface area (TPSA) is 63.6 Å². The van der Waals surface area contributed by atoms with E-state index in [-0.39, 0.29) is 17.7 Å². The van der Waals surface area contributed by atoms with E-state index in [0.29, 0.717) is 4.90 Å². The van der Waals surface area contributed by atoms with Gasteiger partial charge in [0, 0.05) is 4.90 Å². The third kappa shape index (κ3) is 3.23. The summed E-state index contributed by atoms with van der Waals surface area (Å²) >= 11 is 1.39. The lowest BCUT2D eigenvalue weighted by Crippen LogP contribution is -2.12. The summed E-state index contributed by atoms with van der Waals surface area (Å²) in [6.07, 6.45) is 0. The van der Waals surface area contributed by atoms with Crippen LogP contribution in [0.25, 0.3) is 0 Å². The fourth-order valence-corrected chi connectivity index (χ4v) is 2.23. The van der Waals surface area contributed by atoms with Gasteiger partial charge in [-0.1, -0.05) is 13.0 Å². The van der Waals surface area contributed by atoms with Crippen LogP contribution in [-0.4, -0.2) is 29.4 Å². The highest BCUT2D eigenvalue weighted by atomic mass is 32.2. The van der Waals surface area contributed by atoms with Crippen LogP contribution in [0.1, 0.15) is 34.6 Å². The molecule has 1 rings (SSSR count). The lowest BCUT2D eigenvalue weighted by atomic mass is 10.1. The lowest BCUT2D eigenvalue weighted by molar-refractivity contribution is 0.0513. The number of hydrogen-bond acceptors (Lipinski definition) is 4. The summed E-state index contributed by atoms with van der Waals surface area (Å²) in [6.45, 7) is 3.83. The number of thioether (sulfide) groups is 1. The Balaban J connectivity index is 3.24. The molecule has 0 aromatic heterocycles. The maximum Gasteiger partial charge on any atom is 0.339 e. The number of rotatable bonds is 5. The van der Waals surface area contributed by atoms with Crippen molar-refractivity contribution in [3.8, 4) is 0 Å². The van der Waals surface area contributed by atoms with Gasteiger partial charge in [0.05, 0.1) is 17.7 Å². The number of hydrogen-bond donors (Lipinski definition) is 1. The van der Waals surface area contributed by atoms with E-state index in [4.69, 9.17) is 9.84 Å². The van der Waals surface area contributed by atoms with Crippen LogP contribution in [0.4, 0.5) is 0 Å². The Morgan fingerprint density at radius 3 is 2.59 bits per heavy atom. The first-order chi connectivity index (χ1) is 8.11. The third-order valence-electron chi connectivity index (χ3n) is 2.04. The zero-order chi connectivity index (χ0) is 12.8. The molecular formula is C12H14O4S. The van der Waals surface area contributed by atoms with Gasteiger partial charge >= 0.3 is 11.9 Å². The molecule has 0 spiro atoms. The molecule has 0 aliphatic carbocycles. The first kappa shape index (κ1) is 13.6. The number of carboxylic acid groups (broad SMARTS) is 1. The molecule has 0 aliphatic rings. The summed E-state index contributed by atoms with van der Waals surface area (Å²) in [5.74, 6) is -0.958. The van der Waals surface area contributed by atoms with Crippen molar-refractivity contribution in [2.24, 2.45) is 0 Å². The van der Waals surface area contributed by atoms with Crippen molar-refractivity contribution in [3.63, 3.8) is 0 Å². The molecule has 0 aliphatic heterocycles. The van der Waals surface area contributed by atoms with E-state index in [1.807, 2.05) is 6.92 Å². The number of esters is 1. The summed E-state index contributed by atoms with van der Waals surface area (Å²) in [5, 5.41) is 9.17. The van der Waals surface area contributed by atoms with Crippen LogP contribution in [0, 0.1) is 0 Å². The van der Waals surface area contributed by atoms with Crippen LogP contribution in [0.15, 0.2) is 23.1 Å². The molecule has 0 heterocycles. The SMILES string of the molecule is CCOC(=O)c1cccc(SCC)c1C(=O)O. The van der Waals surface area contributed by atoms with Crippen molar-refractivity contribution in [3.05, 3.63) is 29.3 Å². The van der Waals surface area contributed by atoms with Gasteiger partial charge in [0.15, 0.2) is 0 Å². The molecule has 4 nitrogen and oxygen atoms in total. The van der Waals surface area contributed by atoms with Crippen LogP contribution in [0.2, 0.25) is 0 Å². The van der Waals surface area contributed by atoms with E-state index >= 15 is 0 Å². The maximum atomic E-state index is 11.6. The molecule has 0 bridgehead atoms. The number of carbonyl (C=O) groups excluding carboxylic acids is 1. The molecule has 1 aromatic carbocycles. The molecule has 1 N–H and O–H groups in total. The van der Waals surface area contributed by atoms with Crippen molar-refractivity contribution >= 4 is 23.7 Å². The first-order valence-corrected chi connectivity index (χ1v) is 6.26. The van der Waals surface area contributed by atoms with Crippen molar-refractivity contribution in [1.29, 1.82) is 0 Å². The molecule has 0 fully saturated rings. The van der Waals surface area contributed by atoms with E-state index < -0.39 is 11.9 Å². The smallest absolute Gasteiger partial charge is 0.339 e. The van der Waals surface area contributed by atoms with E-state index in [9.17, 15) is 9.59 Å². The zero-order valence-corrected chi connectivity index (χ0v) is 10.5. The summed E-state index contributed by atoms with van der Waals surface area (Å²) < 4.78 is 4.84. The Morgan fingerprint density at radius 2 is 2.06 bits per heavy atom. The summed E-state index contributed by atoms with van der Waals surface area (Å²) in [5.41, 5.74) is 0.135. The first-order valence-electron chi connectivity index (χ1n) is 5.28. The normalized spacial score (nSPS) is 10.0. The van der Waals surface area contributed by atoms with Crippen LogP contribution in [-0.2, 0) is 4.74 Å². The number of benzene rings is 1. The zero-order valence-electron chi connectivity index (χ0n) is 9.73. The summed E-state index contributed by atoms with van der Waals surface area (Å²) in [4.78, 5) is 23.4. The molecule has 0 amide bonds. The van der Waals surface area contributed by atoms with Crippen LogP contribution in [0.5, 0.6) is 0 Å². The predicted octanol–water partition coefficient (Wildman–Crippen LogP) is 2.67. The van der Waals surface area contributed by atoms with Gasteiger partial charge < -0.3 is 9.84 Å². The molecule has 0 radical (unpaired) electrons. The van der Waals surface area contributed by atoms with Gasteiger partial charge in [-0.3, -0.25) is 0 Å². The van der Waals surface area contributed by atoms with Crippen molar-refractivity contribution < 1.29 is 19.4 Å². The number of carbonyl (C=O) groups is 2. The highest BCUT2D eigenvalue weighted by Crippen LogP contribution is 2.26. The van der Waals surface area contributed by atoms with Gasteiger partial charge in [-0.2, -0.15) is 0 Å². The molecule has 0 saturated heterocycles. The molecule has 17 heavy (non-hydrogen) atoms. The molecule has 0 atom stereocenters. The summed E-state index contributed by atoms with van der Waals surface area (Å²) in [7, 11) is 0. The van der Waals surface area contributed by atoms with Crippen molar-refractivity contribution in [2.45, 2.75) is 18.7 Å². The van der Waals surface area contributed by atoms with Crippen molar-refractivity contribution in [2.75, 3.05) is 12.4 Å². The highest BCUT2D eigenvalue weighted by molar-refractivity contribution is 7.99. The van der Waals surface area contributed by atoms with Crippen LogP contribution < -0.4 is 0 Å². The number of carboxylic acids is 1. The van der Waals surface area contributed by atoms with Crippen LogP contribution in [0.3, 0.4) is 0 Å². The standard InChI is InChI=1S/C12H14O4S/c1-3-16-12(15)8-6-5-7-9(17-4-2)10(8)11(13)14/h5-7H,3-4H2,1-2H3,(H,13,14). The average Bonchev–Trinajstić information content (AvgIpc) is 2.29. The maximum absolute atomic E-state index is 11.6. The fourth-order valence-electron chi connectivity index (χ4n) is 1.41. The second-order valence-corrected chi connectivity index (χ2v) is 4.44. The van der Waals surface area contributed by atoms with Crippen LogP contribution >= 0.6 is 11.8 Å². The Bertz CT molecular complexity index is 429. The Morgan fingerprint density at radius 1 is 1.35 bits per heavy atom. The lowest BCUT2D eigenvalue weighted by Gasteiger charge is -2.09. The van der Waals surface area contributed by atoms with Gasteiger partial charge in [-0.25, -0.2) is 9.59 Å². The average molecular weight is 254 g/mol. The molecule has 5 heteroatoms. The second-order valence-electron chi connectivity index (χ2n) is 3.14. The van der Waals surface area contributed by atoms with E-state index in [1.165, 1.54) is 17.8 Å². The molecule has 92 valence electrons. The predicted molar refractivity (Wildman–Crippen MR) is 65.8 cm³/mol. The molecule has 0 saturated carbocycles. The van der Waals surface area contributed by atoms with E-state index in [0.717, 1.165) is 5.75 Å². The molecule has 0 unspecified atom stereocenters. The van der Waals surface area contributed by atoms with Gasteiger partial charge in [-0.15, -0.1) is 11.8 Å². The third-order valence-corrected chi connectivity index (χ3v) is 2.98. The quantitative estimate of drug-likeness (QED) is 0.646. The Hall–Kier alpha value is -1.49. The van der Waals surface area contributed by atoms with Gasteiger partial charge in [-0.05, 0) is 24.8 Å². The molecular weight excluding hydrogens is 240 g/mol. The minimum Gasteiger partial charge on any atom is -0.478 e. The minimum absolute atomic E-state index is 0.0257. The Labute approximate surface area is 104 Å². The number of ether oxygens (including phenoxy) is 1. The number of aromatic carboxylic acids is 1. The molecule has 1 aromatic rings. The fraction of sp³-hybridized carbons (Fsp3) is 0.333. The monoisotopic (exact) mass is 254 g/mol. The Kier molecular flexibility index (Phi) is 5.03. The second kappa shape index (κ2) is 6.30. The largest absolute Gasteiger partial charge is 0.478 e. The van der Waals surface area contributed by atoms with E-state index in [1.54, 1.807) is 19.1 Å². The summed E-state index contributed by atoms with van der Waals surface area (Å²) in [6, 6.07) is 4.83. The van der Waals surface area contributed by atoms with Gasteiger partial charge in [0.2, 0.25) is 0 Å². The van der Waals surface area contributed by atoms with E-state index in [2.05, 4.69) is 0 Å². The minimum atomic E-state index is -1.11. The van der Waals surface area contributed by atoms with Gasteiger partial charge in [0.25, 0.3) is 0 Å².